The molecule has 11 heteroatoms. The third-order valence-corrected chi connectivity index (χ3v) is 8.34. The highest BCUT2D eigenvalue weighted by atomic mass is 32.2. The fraction of sp³-hybridized carbons (Fsp3) is 0.524. The van der Waals surface area contributed by atoms with Crippen LogP contribution in [0, 0.1) is 5.82 Å². The summed E-state index contributed by atoms with van der Waals surface area (Å²) < 4.78 is 45.1. The van der Waals surface area contributed by atoms with E-state index in [2.05, 4.69) is 9.64 Å². The number of aromatic nitrogens is 1. The standard InChI is InChI=1S/C21H24FN3O6S/c22-16-9-15-17(25(13-1-2-13)11-19(20(15)26)31-21(27)28)10-18(16)24-6-4-23(5-7-24)14-3-8-32(29,30)12-14/h9-11,13-14H,1-8,12H2,(H,27,28). The molecule has 32 heavy (non-hydrogen) atoms. The first-order chi connectivity index (χ1) is 15.2. The van der Waals surface area contributed by atoms with Gasteiger partial charge < -0.3 is 19.3 Å². The van der Waals surface area contributed by atoms with E-state index in [-0.39, 0.29) is 34.7 Å². The molecule has 2 saturated heterocycles. The van der Waals surface area contributed by atoms with Gasteiger partial charge in [0.15, 0.2) is 15.6 Å². The summed E-state index contributed by atoms with van der Waals surface area (Å²) in [5.41, 5.74) is 0.282. The number of fused-ring (bicyclic) bond motifs is 1. The second-order valence-electron chi connectivity index (χ2n) is 8.73. The molecular weight excluding hydrogens is 441 g/mol. The van der Waals surface area contributed by atoms with Crippen molar-refractivity contribution < 1.29 is 27.4 Å². The van der Waals surface area contributed by atoms with Crippen molar-refractivity contribution in [1.82, 2.24) is 9.47 Å². The van der Waals surface area contributed by atoms with Crippen molar-refractivity contribution in [1.29, 1.82) is 0 Å². The monoisotopic (exact) mass is 465 g/mol. The number of hydrogen-bond acceptors (Lipinski definition) is 7. The van der Waals surface area contributed by atoms with Crippen molar-refractivity contribution in [2.24, 2.45) is 0 Å². The van der Waals surface area contributed by atoms with Crippen LogP contribution in [0.1, 0.15) is 25.3 Å². The Morgan fingerprint density at radius 3 is 2.41 bits per heavy atom. The molecule has 5 rings (SSSR count). The summed E-state index contributed by atoms with van der Waals surface area (Å²) in [5, 5.41) is 9.01. The number of nitrogens with zero attached hydrogens (tertiary/aromatic N) is 3. The minimum absolute atomic E-state index is 0.0244. The van der Waals surface area contributed by atoms with Gasteiger partial charge in [-0.3, -0.25) is 9.69 Å². The number of pyridine rings is 1. The number of benzene rings is 1. The predicted molar refractivity (Wildman–Crippen MR) is 116 cm³/mol. The average Bonchev–Trinajstić information content (AvgIpc) is 3.52. The van der Waals surface area contributed by atoms with Crippen LogP contribution in [0.3, 0.4) is 0 Å². The lowest BCUT2D eigenvalue weighted by atomic mass is 10.1. The Bertz CT molecular complexity index is 1250. The Morgan fingerprint density at radius 1 is 1.09 bits per heavy atom. The van der Waals surface area contributed by atoms with Crippen LogP contribution < -0.4 is 15.1 Å². The van der Waals surface area contributed by atoms with E-state index in [4.69, 9.17) is 5.11 Å². The maximum Gasteiger partial charge on any atom is 0.511 e. The molecule has 1 saturated carbocycles. The normalized spacial score (nSPS) is 23.5. The Morgan fingerprint density at radius 2 is 1.81 bits per heavy atom. The average molecular weight is 466 g/mol. The highest BCUT2D eigenvalue weighted by Crippen LogP contribution is 2.39. The van der Waals surface area contributed by atoms with E-state index in [1.165, 1.54) is 6.20 Å². The topological polar surface area (TPSA) is 109 Å². The zero-order valence-corrected chi connectivity index (χ0v) is 18.2. The molecule has 0 spiro atoms. The molecule has 3 heterocycles. The van der Waals surface area contributed by atoms with Crippen molar-refractivity contribution in [2.45, 2.75) is 31.3 Å². The Hall–Kier alpha value is -2.66. The molecule has 1 aromatic carbocycles. The highest BCUT2D eigenvalue weighted by molar-refractivity contribution is 7.91. The highest BCUT2D eigenvalue weighted by Gasteiger charge is 2.34. The SMILES string of the molecule is O=C(O)Oc1cn(C2CC2)c2cc(N3CCN(C4CCS(=O)(=O)C4)CC3)c(F)cc2c1=O. The van der Waals surface area contributed by atoms with Crippen LogP contribution in [0.2, 0.25) is 0 Å². The lowest BCUT2D eigenvalue weighted by Crippen LogP contribution is -2.51. The van der Waals surface area contributed by atoms with Crippen molar-refractivity contribution in [3.05, 3.63) is 34.4 Å². The number of ether oxygens (including phenoxy) is 1. The van der Waals surface area contributed by atoms with Gasteiger partial charge in [0.2, 0.25) is 5.43 Å². The summed E-state index contributed by atoms with van der Waals surface area (Å²) in [7, 11) is -2.96. The Kier molecular flexibility index (Phi) is 5.12. The predicted octanol–water partition coefficient (Wildman–Crippen LogP) is 1.84. The fourth-order valence-corrected chi connectivity index (χ4v) is 6.55. The van der Waals surface area contributed by atoms with E-state index in [0.29, 0.717) is 43.8 Å². The van der Waals surface area contributed by atoms with Crippen molar-refractivity contribution in [3.63, 3.8) is 0 Å². The number of hydrogen-bond donors (Lipinski definition) is 1. The van der Waals surface area contributed by atoms with Crippen molar-refractivity contribution in [2.75, 3.05) is 42.6 Å². The van der Waals surface area contributed by atoms with E-state index < -0.39 is 27.2 Å². The van der Waals surface area contributed by atoms with Crippen LogP contribution in [-0.2, 0) is 9.84 Å². The smallest absolute Gasteiger partial charge is 0.449 e. The Balaban J connectivity index is 1.44. The second-order valence-corrected chi connectivity index (χ2v) is 11.0. The molecule has 1 unspecified atom stereocenters. The van der Waals surface area contributed by atoms with Crippen LogP contribution in [-0.4, -0.2) is 72.9 Å². The van der Waals surface area contributed by atoms with Gasteiger partial charge in [-0.2, -0.15) is 0 Å². The number of rotatable bonds is 4. The largest absolute Gasteiger partial charge is 0.511 e. The third-order valence-electron chi connectivity index (χ3n) is 6.59. The molecule has 3 fully saturated rings. The maximum absolute atomic E-state index is 15.1. The molecule has 0 bridgehead atoms. The summed E-state index contributed by atoms with van der Waals surface area (Å²) in [4.78, 5) is 27.7. The van der Waals surface area contributed by atoms with E-state index in [1.54, 1.807) is 10.6 Å². The second kappa shape index (κ2) is 7.73. The first-order valence-electron chi connectivity index (χ1n) is 10.7. The zero-order chi connectivity index (χ0) is 22.6. The maximum atomic E-state index is 15.1. The molecule has 1 aliphatic carbocycles. The van der Waals surface area contributed by atoms with Crippen LogP contribution in [0.4, 0.5) is 14.9 Å². The van der Waals surface area contributed by atoms with E-state index in [1.807, 2.05) is 4.90 Å². The molecule has 1 N–H and O–H groups in total. The van der Waals surface area contributed by atoms with Crippen LogP contribution in [0.25, 0.3) is 10.9 Å². The van der Waals surface area contributed by atoms with E-state index >= 15 is 4.39 Å². The number of sulfone groups is 1. The van der Waals surface area contributed by atoms with Crippen LogP contribution in [0.5, 0.6) is 5.75 Å². The molecule has 2 aromatic rings. The lowest BCUT2D eigenvalue weighted by molar-refractivity contribution is 0.143. The third kappa shape index (κ3) is 3.95. The molecule has 172 valence electrons. The fourth-order valence-electron chi connectivity index (χ4n) is 4.79. The van der Waals surface area contributed by atoms with Gasteiger partial charge >= 0.3 is 6.16 Å². The quantitative estimate of drug-likeness (QED) is 0.682. The van der Waals surface area contributed by atoms with Crippen molar-refractivity contribution >= 4 is 32.6 Å². The van der Waals surface area contributed by atoms with Gasteiger partial charge in [0.1, 0.15) is 5.82 Å². The lowest BCUT2D eigenvalue weighted by Gasteiger charge is -2.39. The first-order valence-corrected chi connectivity index (χ1v) is 12.5. The molecule has 0 amide bonds. The molecule has 1 atom stereocenters. The van der Waals surface area contributed by atoms with Gasteiger partial charge in [-0.1, -0.05) is 0 Å². The molecule has 0 radical (unpaired) electrons. The zero-order valence-electron chi connectivity index (χ0n) is 17.4. The van der Waals surface area contributed by atoms with Gasteiger partial charge in [-0.25, -0.2) is 17.6 Å². The first kappa shape index (κ1) is 21.2. The van der Waals surface area contributed by atoms with Gasteiger partial charge in [0, 0.05) is 38.3 Å². The van der Waals surface area contributed by atoms with E-state index in [9.17, 15) is 18.0 Å². The number of halogens is 1. The number of piperazine rings is 1. The summed E-state index contributed by atoms with van der Waals surface area (Å²) in [6, 6.07) is 2.96. The molecule has 2 aliphatic heterocycles. The minimum Gasteiger partial charge on any atom is -0.449 e. The van der Waals surface area contributed by atoms with E-state index in [0.717, 1.165) is 18.9 Å². The molecule has 9 nitrogen and oxygen atoms in total. The molecule has 3 aliphatic rings. The minimum atomic E-state index is -2.96. The van der Waals surface area contributed by atoms with Gasteiger partial charge in [-0.05, 0) is 31.4 Å². The summed E-state index contributed by atoms with van der Waals surface area (Å²) >= 11 is 0. The van der Waals surface area contributed by atoms with Crippen LogP contribution in [0.15, 0.2) is 23.1 Å². The number of anilines is 1. The number of carbonyl (C=O) groups is 1. The van der Waals surface area contributed by atoms with Gasteiger partial charge in [0.25, 0.3) is 0 Å². The molecular formula is C21H24FN3O6S. The summed E-state index contributed by atoms with van der Waals surface area (Å²) in [5.74, 6) is -0.472. The van der Waals surface area contributed by atoms with Crippen molar-refractivity contribution in [3.8, 4) is 5.75 Å². The molecule has 1 aromatic heterocycles. The summed E-state index contributed by atoms with van der Waals surface area (Å²) in [6.07, 6.45) is 2.23. The van der Waals surface area contributed by atoms with Gasteiger partial charge in [-0.15, -0.1) is 0 Å². The summed E-state index contributed by atoms with van der Waals surface area (Å²) in [6.45, 7) is 2.37. The number of carboxylic acid groups (broad SMARTS) is 1. The van der Waals surface area contributed by atoms with Crippen LogP contribution >= 0.6 is 0 Å². The Labute approximate surface area is 183 Å². The van der Waals surface area contributed by atoms with Gasteiger partial charge in [0.05, 0.1) is 34.3 Å².